The Labute approximate surface area is 123 Å². The van der Waals surface area contributed by atoms with Gasteiger partial charge in [-0.05, 0) is 19.3 Å². The maximum Gasteiger partial charge on any atom is 0.323 e. The number of likely N-dealkylation sites (tertiary alicyclic amines) is 1. The van der Waals surface area contributed by atoms with Gasteiger partial charge in [0.1, 0.15) is 11.6 Å². The maximum atomic E-state index is 12.0. The van der Waals surface area contributed by atoms with Crippen LogP contribution in [0.3, 0.4) is 0 Å². The zero-order chi connectivity index (χ0) is 14.9. The summed E-state index contributed by atoms with van der Waals surface area (Å²) in [5.74, 6) is 0. The monoisotopic (exact) mass is 321 g/mol. The Bertz CT molecular complexity index is 500. The number of carbonyl (C=O) groups is 1. The van der Waals surface area contributed by atoms with Gasteiger partial charge in [0.15, 0.2) is 0 Å². The van der Waals surface area contributed by atoms with Crippen LogP contribution in [0.2, 0.25) is 0 Å². The molecule has 0 radical (unpaired) electrons. The fraction of sp³-hybridized carbons (Fsp3) is 0.727. The molecule has 9 heteroatoms. The lowest BCUT2D eigenvalue weighted by atomic mass is 10.2. The highest BCUT2D eigenvalue weighted by Crippen LogP contribution is 2.32. The standard InChI is InChI=1S/C11H19N3O4S2/c1-8(2)12-10(15)14-4-5-19-11(14)13-6-9(7-13)18-20(3,16)17/h4-5,8-9,11H,6-7H2,1-3H3,(H,12,15). The molecule has 0 spiro atoms. The van der Waals surface area contributed by atoms with Gasteiger partial charge in [0.05, 0.1) is 6.26 Å². The van der Waals surface area contributed by atoms with E-state index in [4.69, 9.17) is 4.18 Å². The van der Waals surface area contributed by atoms with Gasteiger partial charge >= 0.3 is 6.03 Å². The predicted octanol–water partition coefficient (Wildman–Crippen LogP) is 0.568. The van der Waals surface area contributed by atoms with Gasteiger partial charge < -0.3 is 5.32 Å². The van der Waals surface area contributed by atoms with Crippen molar-refractivity contribution in [3.63, 3.8) is 0 Å². The summed E-state index contributed by atoms with van der Waals surface area (Å²) in [6, 6.07) is -0.0846. The van der Waals surface area contributed by atoms with E-state index >= 15 is 0 Å². The van der Waals surface area contributed by atoms with Crippen LogP contribution in [0.5, 0.6) is 0 Å². The molecule has 2 heterocycles. The van der Waals surface area contributed by atoms with Crippen LogP contribution in [-0.2, 0) is 14.3 Å². The highest BCUT2D eigenvalue weighted by molar-refractivity contribution is 8.02. The number of carbonyl (C=O) groups excluding carboxylic acids is 1. The minimum absolute atomic E-state index is 0.0693. The van der Waals surface area contributed by atoms with Crippen molar-refractivity contribution >= 4 is 27.9 Å². The Morgan fingerprint density at radius 3 is 2.65 bits per heavy atom. The normalized spacial score (nSPS) is 24.2. The summed E-state index contributed by atoms with van der Waals surface area (Å²) in [7, 11) is -3.42. The van der Waals surface area contributed by atoms with Crippen molar-refractivity contribution < 1.29 is 17.4 Å². The summed E-state index contributed by atoms with van der Waals surface area (Å²) in [4.78, 5) is 15.6. The zero-order valence-electron chi connectivity index (χ0n) is 11.6. The SMILES string of the molecule is CC(C)NC(=O)N1C=CSC1N1CC(OS(C)(=O)=O)C1. The highest BCUT2D eigenvalue weighted by atomic mass is 32.2. The Morgan fingerprint density at radius 1 is 1.45 bits per heavy atom. The van der Waals surface area contributed by atoms with Crippen molar-refractivity contribution in [3.05, 3.63) is 11.6 Å². The second-order valence-electron chi connectivity index (χ2n) is 5.14. The predicted molar refractivity (Wildman–Crippen MR) is 77.3 cm³/mol. The molecule has 1 fully saturated rings. The molecule has 1 atom stereocenters. The summed E-state index contributed by atoms with van der Waals surface area (Å²) in [6.45, 7) is 4.80. The number of thioether (sulfide) groups is 1. The van der Waals surface area contributed by atoms with Gasteiger partial charge in [-0.2, -0.15) is 8.42 Å². The number of hydrogen-bond acceptors (Lipinski definition) is 6. The average Bonchev–Trinajstić information content (AvgIpc) is 2.68. The highest BCUT2D eigenvalue weighted by Gasteiger charge is 2.40. The first-order valence-corrected chi connectivity index (χ1v) is 9.05. The lowest BCUT2D eigenvalue weighted by Crippen LogP contribution is -2.60. The lowest BCUT2D eigenvalue weighted by molar-refractivity contribution is -0.00628. The summed E-state index contributed by atoms with van der Waals surface area (Å²) in [6.07, 6.45) is 2.46. The van der Waals surface area contributed by atoms with Gasteiger partial charge in [0.2, 0.25) is 0 Å². The Kier molecular flexibility index (Phi) is 4.62. The van der Waals surface area contributed by atoms with Gasteiger partial charge in [0.25, 0.3) is 10.1 Å². The van der Waals surface area contributed by atoms with Crippen molar-refractivity contribution in [1.29, 1.82) is 0 Å². The van der Waals surface area contributed by atoms with Crippen LogP contribution in [0, 0.1) is 0 Å². The van der Waals surface area contributed by atoms with E-state index in [1.165, 1.54) is 11.8 Å². The Hall–Kier alpha value is -0.770. The average molecular weight is 321 g/mol. The number of urea groups is 1. The minimum atomic E-state index is -3.42. The number of nitrogens with one attached hydrogen (secondary N) is 1. The van der Waals surface area contributed by atoms with E-state index < -0.39 is 10.1 Å². The smallest absolute Gasteiger partial charge is 0.323 e. The molecule has 0 aromatic carbocycles. The van der Waals surface area contributed by atoms with Gasteiger partial charge in [-0.25, -0.2) is 4.79 Å². The summed E-state index contributed by atoms with van der Waals surface area (Å²) in [5, 5.41) is 4.69. The molecule has 2 rings (SSSR count). The van der Waals surface area contributed by atoms with Crippen molar-refractivity contribution in [2.75, 3.05) is 19.3 Å². The summed E-state index contributed by atoms with van der Waals surface area (Å²) < 4.78 is 27.0. The second kappa shape index (κ2) is 5.92. The van der Waals surface area contributed by atoms with Crippen LogP contribution in [-0.4, -0.2) is 61.2 Å². The van der Waals surface area contributed by atoms with E-state index in [1.807, 2.05) is 24.2 Å². The molecule has 0 aromatic rings. The molecule has 1 N–H and O–H groups in total. The van der Waals surface area contributed by atoms with Gasteiger partial charge in [0, 0.05) is 25.3 Å². The molecule has 20 heavy (non-hydrogen) atoms. The van der Waals surface area contributed by atoms with Crippen LogP contribution in [0.1, 0.15) is 13.8 Å². The third-order valence-electron chi connectivity index (χ3n) is 2.81. The first-order chi connectivity index (χ1) is 9.26. The second-order valence-corrected chi connectivity index (χ2v) is 7.70. The van der Waals surface area contributed by atoms with E-state index in [9.17, 15) is 13.2 Å². The summed E-state index contributed by atoms with van der Waals surface area (Å²) in [5.41, 5.74) is -0.131. The molecule has 1 unspecified atom stereocenters. The van der Waals surface area contributed by atoms with Crippen LogP contribution in [0.4, 0.5) is 4.79 Å². The van der Waals surface area contributed by atoms with Crippen LogP contribution >= 0.6 is 11.8 Å². The molecule has 0 saturated carbocycles. The molecule has 2 amide bonds. The van der Waals surface area contributed by atoms with Gasteiger partial charge in [-0.15, -0.1) is 0 Å². The molecule has 7 nitrogen and oxygen atoms in total. The maximum absolute atomic E-state index is 12.0. The Morgan fingerprint density at radius 2 is 2.10 bits per heavy atom. The van der Waals surface area contributed by atoms with Crippen molar-refractivity contribution in [1.82, 2.24) is 15.1 Å². The van der Waals surface area contributed by atoms with E-state index in [0.29, 0.717) is 13.1 Å². The van der Waals surface area contributed by atoms with E-state index in [-0.39, 0.29) is 23.7 Å². The van der Waals surface area contributed by atoms with E-state index in [0.717, 1.165) is 6.26 Å². The molecule has 114 valence electrons. The minimum Gasteiger partial charge on any atom is -0.335 e. The topological polar surface area (TPSA) is 79.0 Å². The number of amides is 2. The summed E-state index contributed by atoms with van der Waals surface area (Å²) >= 11 is 1.52. The van der Waals surface area contributed by atoms with Gasteiger partial charge in [-0.3, -0.25) is 14.0 Å². The number of hydrogen-bond donors (Lipinski definition) is 1. The first-order valence-electron chi connectivity index (χ1n) is 6.29. The zero-order valence-corrected chi connectivity index (χ0v) is 13.3. The van der Waals surface area contributed by atoms with E-state index in [1.54, 1.807) is 11.1 Å². The molecular formula is C11H19N3O4S2. The van der Waals surface area contributed by atoms with Crippen LogP contribution in [0.15, 0.2) is 11.6 Å². The van der Waals surface area contributed by atoms with E-state index in [2.05, 4.69) is 5.32 Å². The third kappa shape index (κ3) is 3.87. The van der Waals surface area contributed by atoms with Crippen LogP contribution < -0.4 is 5.32 Å². The first kappa shape index (κ1) is 15.6. The quantitative estimate of drug-likeness (QED) is 0.763. The third-order valence-corrected chi connectivity index (χ3v) is 4.48. The molecule has 2 aliphatic rings. The fourth-order valence-electron chi connectivity index (χ4n) is 2.02. The molecule has 0 aliphatic carbocycles. The van der Waals surface area contributed by atoms with Crippen molar-refractivity contribution in [2.24, 2.45) is 0 Å². The number of nitrogens with zero attached hydrogens (tertiary/aromatic N) is 2. The van der Waals surface area contributed by atoms with Crippen LogP contribution in [0.25, 0.3) is 0 Å². The van der Waals surface area contributed by atoms with Crippen molar-refractivity contribution in [2.45, 2.75) is 31.5 Å². The Balaban J connectivity index is 1.87. The molecule has 2 aliphatic heterocycles. The number of rotatable bonds is 4. The van der Waals surface area contributed by atoms with Crippen molar-refractivity contribution in [3.8, 4) is 0 Å². The fourth-order valence-corrected chi connectivity index (χ4v) is 3.62. The van der Waals surface area contributed by atoms with Gasteiger partial charge in [-0.1, -0.05) is 11.8 Å². The molecule has 0 aromatic heterocycles. The molecule has 1 saturated heterocycles. The molecular weight excluding hydrogens is 302 g/mol. The lowest BCUT2D eigenvalue weighted by Gasteiger charge is -2.43. The largest absolute Gasteiger partial charge is 0.335 e. The molecule has 0 bridgehead atoms.